The van der Waals surface area contributed by atoms with E-state index in [4.69, 9.17) is 25.4 Å². The minimum absolute atomic E-state index is 0.0296. The first kappa shape index (κ1) is 27.0. The van der Waals surface area contributed by atoms with Crippen molar-refractivity contribution >= 4 is 46.0 Å². The van der Waals surface area contributed by atoms with Crippen LogP contribution in [0.5, 0.6) is 0 Å². The van der Waals surface area contributed by atoms with E-state index < -0.39 is 5.97 Å². The van der Waals surface area contributed by atoms with Crippen LogP contribution in [0.1, 0.15) is 69.9 Å². The summed E-state index contributed by atoms with van der Waals surface area (Å²) in [6, 6.07) is 11.8. The Morgan fingerprint density at radius 2 is 2.05 bits per heavy atom. The molecule has 0 radical (unpaired) electrons. The number of fused-ring (bicyclic) bond motifs is 1. The normalized spacial score (nSPS) is 15.4. The lowest BCUT2D eigenvalue weighted by Crippen LogP contribution is -2.28. The highest BCUT2D eigenvalue weighted by Gasteiger charge is 2.33. The van der Waals surface area contributed by atoms with Crippen LogP contribution in [0.2, 0.25) is 5.02 Å². The summed E-state index contributed by atoms with van der Waals surface area (Å²) < 4.78 is 11.3. The zero-order valence-electron chi connectivity index (χ0n) is 21.9. The van der Waals surface area contributed by atoms with Gasteiger partial charge in [0.25, 0.3) is 5.91 Å². The van der Waals surface area contributed by atoms with Crippen molar-refractivity contribution in [2.45, 2.75) is 46.6 Å². The number of nitrogens with one attached hydrogen (secondary N) is 1. The Hall–Kier alpha value is -3.62. The van der Waals surface area contributed by atoms with Gasteiger partial charge in [-0.3, -0.25) is 4.79 Å². The predicted molar refractivity (Wildman–Crippen MR) is 153 cm³/mol. The molecule has 4 aromatic rings. The molecule has 0 unspecified atom stereocenters. The van der Waals surface area contributed by atoms with Crippen LogP contribution in [-0.4, -0.2) is 23.2 Å². The van der Waals surface area contributed by atoms with E-state index in [0.717, 1.165) is 24.8 Å². The third kappa shape index (κ3) is 5.87. The number of nitrogens with zero attached hydrogens (tertiary/aromatic N) is 1. The molecule has 3 heterocycles. The molecule has 39 heavy (non-hydrogen) atoms. The summed E-state index contributed by atoms with van der Waals surface area (Å²) in [4.78, 5) is 30.6. The zero-order chi connectivity index (χ0) is 27.7. The first-order chi connectivity index (χ1) is 18.6. The number of thiophene rings is 1. The Kier molecular flexibility index (Phi) is 7.51. The summed E-state index contributed by atoms with van der Waals surface area (Å²) in [6.07, 6.45) is 5.99. The van der Waals surface area contributed by atoms with Crippen LogP contribution in [0.15, 0.2) is 62.6 Å². The average Bonchev–Trinajstić information content (AvgIpc) is 3.64. The lowest BCUT2D eigenvalue weighted by atomic mass is 9.72. The van der Waals surface area contributed by atoms with Gasteiger partial charge in [0.1, 0.15) is 22.3 Å². The third-order valence-corrected chi connectivity index (χ3v) is 8.60. The number of carboxylic acid groups (broad SMARTS) is 1. The van der Waals surface area contributed by atoms with Gasteiger partial charge < -0.3 is 19.3 Å². The van der Waals surface area contributed by atoms with E-state index in [0.29, 0.717) is 45.9 Å². The van der Waals surface area contributed by atoms with E-state index in [1.807, 2.05) is 6.07 Å². The van der Waals surface area contributed by atoms with Crippen LogP contribution in [0.25, 0.3) is 11.3 Å². The van der Waals surface area contributed by atoms with Gasteiger partial charge in [0, 0.05) is 10.4 Å². The number of aromatic carboxylic acids is 1. The fraction of sp³-hybridized carbons (Fsp3) is 0.300. The summed E-state index contributed by atoms with van der Waals surface area (Å²) in [6.45, 7) is 7.10. The van der Waals surface area contributed by atoms with Gasteiger partial charge >= 0.3 is 5.97 Å². The number of amides is 1. The molecule has 0 saturated heterocycles. The van der Waals surface area contributed by atoms with E-state index in [1.54, 1.807) is 54.1 Å². The molecule has 3 aromatic heterocycles. The number of benzene rings is 1. The fourth-order valence-electron chi connectivity index (χ4n) is 4.85. The Labute approximate surface area is 235 Å². The molecule has 1 aliphatic carbocycles. The second-order valence-corrected chi connectivity index (χ2v) is 12.2. The summed E-state index contributed by atoms with van der Waals surface area (Å²) in [7, 11) is 0. The monoisotopic (exact) mass is 564 g/mol. The molecule has 0 saturated carbocycles. The number of furan rings is 2. The number of carbonyl (C=O) groups is 2. The maximum Gasteiger partial charge on any atom is 0.337 e. The molecule has 1 atom stereocenters. The number of carboxylic acids is 1. The molecular weight excluding hydrogens is 536 g/mol. The van der Waals surface area contributed by atoms with Gasteiger partial charge in [-0.1, -0.05) is 38.4 Å². The van der Waals surface area contributed by atoms with Gasteiger partial charge in [-0.25, -0.2) is 9.79 Å². The Morgan fingerprint density at radius 1 is 1.23 bits per heavy atom. The van der Waals surface area contributed by atoms with Gasteiger partial charge in [-0.2, -0.15) is 0 Å². The first-order valence-corrected chi connectivity index (χ1v) is 13.9. The van der Waals surface area contributed by atoms with Crippen LogP contribution >= 0.6 is 22.9 Å². The largest absolute Gasteiger partial charge is 0.478 e. The molecule has 5 rings (SSSR count). The molecule has 202 valence electrons. The molecule has 9 heteroatoms. The number of halogens is 1. The lowest BCUT2D eigenvalue weighted by Gasteiger charge is -2.33. The van der Waals surface area contributed by atoms with E-state index >= 15 is 0 Å². The van der Waals surface area contributed by atoms with E-state index in [-0.39, 0.29) is 21.9 Å². The van der Waals surface area contributed by atoms with Gasteiger partial charge in [0.05, 0.1) is 35.2 Å². The average molecular weight is 565 g/mol. The summed E-state index contributed by atoms with van der Waals surface area (Å²) in [5.41, 5.74) is 2.57. The molecule has 2 N–H and O–H groups in total. The minimum Gasteiger partial charge on any atom is -0.478 e. The van der Waals surface area contributed by atoms with Gasteiger partial charge in [0.2, 0.25) is 0 Å². The van der Waals surface area contributed by atoms with Crippen LogP contribution in [0, 0.1) is 11.3 Å². The molecular formula is C30H29ClN2O5S. The minimum atomic E-state index is -1.09. The quantitative estimate of drug-likeness (QED) is 0.223. The van der Waals surface area contributed by atoms with Crippen molar-refractivity contribution < 1.29 is 23.5 Å². The van der Waals surface area contributed by atoms with Crippen molar-refractivity contribution in [3.05, 3.63) is 86.8 Å². The first-order valence-electron chi connectivity index (χ1n) is 12.7. The van der Waals surface area contributed by atoms with Gasteiger partial charge in [0.15, 0.2) is 0 Å². The lowest BCUT2D eigenvalue weighted by molar-refractivity contribution is 0.0696. The number of hydrogen-bond acceptors (Lipinski definition) is 6. The maximum absolute atomic E-state index is 13.4. The van der Waals surface area contributed by atoms with Crippen LogP contribution < -0.4 is 5.32 Å². The van der Waals surface area contributed by atoms with Crippen molar-refractivity contribution in [1.82, 2.24) is 5.32 Å². The molecule has 1 amide bonds. The SMILES string of the molecule is CC(C)(C)[C@H]1CCc2c(sc(N=Cc3ccc(-c4ccc(C(=O)O)c(Cl)c4)o3)c2C(=O)NCc2ccco2)C1. The van der Waals surface area contributed by atoms with Crippen molar-refractivity contribution in [2.75, 3.05) is 0 Å². The van der Waals surface area contributed by atoms with Crippen molar-refractivity contribution in [3.8, 4) is 11.3 Å². The number of hydrogen-bond donors (Lipinski definition) is 2. The molecule has 1 aromatic carbocycles. The highest BCUT2D eigenvalue weighted by Crippen LogP contribution is 2.45. The van der Waals surface area contributed by atoms with Gasteiger partial charge in [-0.15, -0.1) is 11.3 Å². The van der Waals surface area contributed by atoms with Gasteiger partial charge in [-0.05, 0) is 72.6 Å². The third-order valence-electron chi connectivity index (χ3n) is 7.12. The molecule has 1 aliphatic rings. The van der Waals surface area contributed by atoms with Crippen molar-refractivity contribution in [2.24, 2.45) is 16.3 Å². The van der Waals surface area contributed by atoms with E-state index in [1.165, 1.54) is 10.9 Å². The fourth-order valence-corrected chi connectivity index (χ4v) is 6.38. The Balaban J connectivity index is 1.42. The topological polar surface area (TPSA) is 105 Å². The van der Waals surface area contributed by atoms with Crippen molar-refractivity contribution in [1.29, 1.82) is 0 Å². The molecule has 0 aliphatic heterocycles. The molecule has 0 fully saturated rings. The van der Waals surface area contributed by atoms with E-state index in [9.17, 15) is 14.7 Å². The van der Waals surface area contributed by atoms with Crippen LogP contribution in [0.4, 0.5) is 5.00 Å². The Morgan fingerprint density at radius 3 is 2.74 bits per heavy atom. The Bertz CT molecular complexity index is 1540. The summed E-state index contributed by atoms with van der Waals surface area (Å²) in [5, 5.41) is 13.0. The number of rotatable bonds is 7. The van der Waals surface area contributed by atoms with Crippen molar-refractivity contribution in [3.63, 3.8) is 0 Å². The number of carbonyl (C=O) groups excluding carboxylic acids is 1. The van der Waals surface area contributed by atoms with Crippen LogP contribution in [-0.2, 0) is 19.4 Å². The molecule has 0 spiro atoms. The smallest absolute Gasteiger partial charge is 0.337 e. The molecule has 0 bridgehead atoms. The highest BCUT2D eigenvalue weighted by molar-refractivity contribution is 7.16. The summed E-state index contributed by atoms with van der Waals surface area (Å²) in [5.74, 6) is 1.000. The number of aliphatic imine (C=N–C) groups is 1. The van der Waals surface area contributed by atoms with E-state index in [2.05, 4.69) is 26.1 Å². The standard InChI is InChI=1S/C30H29ClN2O5S/c1-30(2,3)18-7-10-22-25(14-18)39-28(26(22)27(34)32-15-19-5-4-12-37-19)33-16-20-8-11-24(38-20)17-6-9-21(29(35)36)23(31)13-17/h4-6,8-9,11-13,16,18H,7,10,14-15H2,1-3H3,(H,32,34)(H,35,36)/t18-/m0/s1. The second kappa shape index (κ2) is 10.9. The highest BCUT2D eigenvalue weighted by atomic mass is 35.5. The molecule has 7 nitrogen and oxygen atoms in total. The van der Waals surface area contributed by atoms with Crippen LogP contribution in [0.3, 0.4) is 0 Å². The predicted octanol–water partition coefficient (Wildman–Crippen LogP) is 7.78. The second-order valence-electron chi connectivity index (χ2n) is 10.7. The zero-order valence-corrected chi connectivity index (χ0v) is 23.5. The maximum atomic E-state index is 13.4. The summed E-state index contributed by atoms with van der Waals surface area (Å²) >= 11 is 7.69.